The molecule has 176 valence electrons. The van der Waals surface area contributed by atoms with Crippen molar-refractivity contribution < 1.29 is 13.9 Å². The number of methoxy groups -OCH3 is 1. The van der Waals surface area contributed by atoms with Crippen molar-refractivity contribution in [2.24, 2.45) is 0 Å². The molecule has 1 N–H and O–H groups in total. The zero-order valence-electron chi connectivity index (χ0n) is 19.6. The average Bonchev–Trinajstić information content (AvgIpc) is 3.50. The molecule has 0 radical (unpaired) electrons. The third-order valence-electron chi connectivity index (χ3n) is 5.24. The molecule has 0 fully saturated rings. The lowest BCUT2D eigenvalue weighted by Crippen LogP contribution is -2.23. The minimum absolute atomic E-state index is 0.113. The van der Waals surface area contributed by atoms with Crippen LogP contribution in [-0.2, 0) is 11.3 Å². The molecule has 0 spiro atoms. The smallest absolute Gasteiger partial charge is 0.237 e. The average molecular weight is 478 g/mol. The Hall–Kier alpha value is -3.72. The highest BCUT2D eigenvalue weighted by molar-refractivity contribution is 8.00. The lowest BCUT2D eigenvalue weighted by atomic mass is 10.2. The predicted octanol–water partition coefficient (Wildman–Crippen LogP) is 4.78. The molecule has 2 heterocycles. The summed E-state index contributed by atoms with van der Waals surface area (Å²) in [5, 5.41) is 12.0. The molecule has 0 unspecified atom stereocenters. The number of carbonyl (C=O) groups excluding carboxylic acids is 1. The first-order valence-electron chi connectivity index (χ1n) is 10.8. The Kier molecular flexibility index (Phi) is 7.22. The number of aromatic nitrogens is 3. The van der Waals surface area contributed by atoms with Crippen LogP contribution in [0.3, 0.4) is 0 Å². The van der Waals surface area contributed by atoms with Gasteiger partial charge in [-0.1, -0.05) is 23.9 Å². The fourth-order valence-electron chi connectivity index (χ4n) is 3.35. The van der Waals surface area contributed by atoms with E-state index in [1.807, 2.05) is 91.1 Å². The molecule has 0 saturated heterocycles. The molecule has 1 amide bonds. The van der Waals surface area contributed by atoms with Crippen molar-refractivity contribution in [2.75, 3.05) is 31.4 Å². The van der Waals surface area contributed by atoms with Gasteiger partial charge in [0.25, 0.3) is 0 Å². The fourth-order valence-corrected chi connectivity index (χ4v) is 4.20. The summed E-state index contributed by atoms with van der Waals surface area (Å²) in [5.41, 5.74) is 2.68. The van der Waals surface area contributed by atoms with Gasteiger partial charge in [-0.05, 0) is 55.5 Å². The van der Waals surface area contributed by atoms with E-state index in [2.05, 4.69) is 15.5 Å². The number of nitrogens with one attached hydrogen (secondary N) is 1. The zero-order valence-corrected chi connectivity index (χ0v) is 20.4. The second-order valence-electron chi connectivity index (χ2n) is 7.89. The second-order valence-corrected chi connectivity index (χ2v) is 9.20. The minimum atomic E-state index is -0.397. The van der Waals surface area contributed by atoms with Crippen molar-refractivity contribution in [1.29, 1.82) is 0 Å². The van der Waals surface area contributed by atoms with Crippen molar-refractivity contribution >= 4 is 29.0 Å². The quantitative estimate of drug-likeness (QED) is 0.347. The van der Waals surface area contributed by atoms with Crippen molar-refractivity contribution in [2.45, 2.75) is 23.9 Å². The lowest BCUT2D eigenvalue weighted by Gasteiger charge is -2.15. The van der Waals surface area contributed by atoms with Gasteiger partial charge < -0.3 is 19.4 Å². The Balaban J connectivity index is 1.55. The monoisotopic (exact) mass is 477 g/mol. The van der Waals surface area contributed by atoms with Gasteiger partial charge in [-0.3, -0.25) is 9.36 Å². The minimum Gasteiger partial charge on any atom is -0.497 e. The zero-order chi connectivity index (χ0) is 24.1. The third kappa shape index (κ3) is 5.43. The van der Waals surface area contributed by atoms with Gasteiger partial charge in [0, 0.05) is 31.0 Å². The van der Waals surface area contributed by atoms with Gasteiger partial charge in [0.1, 0.15) is 11.5 Å². The van der Waals surface area contributed by atoms with E-state index in [-0.39, 0.29) is 5.91 Å². The van der Waals surface area contributed by atoms with E-state index in [0.29, 0.717) is 17.5 Å². The Morgan fingerprint density at radius 2 is 1.94 bits per heavy atom. The van der Waals surface area contributed by atoms with Gasteiger partial charge in [0.15, 0.2) is 11.0 Å². The fraction of sp³-hybridized carbons (Fsp3) is 0.240. The first kappa shape index (κ1) is 23.4. The molecule has 0 saturated carbocycles. The Labute approximate surface area is 202 Å². The summed E-state index contributed by atoms with van der Waals surface area (Å²) < 4.78 is 12.9. The van der Waals surface area contributed by atoms with Crippen molar-refractivity contribution in [3.05, 3.63) is 72.7 Å². The van der Waals surface area contributed by atoms with E-state index in [4.69, 9.17) is 9.15 Å². The molecule has 0 bridgehead atoms. The van der Waals surface area contributed by atoms with Crippen LogP contribution in [0, 0.1) is 0 Å². The van der Waals surface area contributed by atoms with Crippen LogP contribution in [-0.4, -0.2) is 47.1 Å². The van der Waals surface area contributed by atoms with Crippen molar-refractivity contribution in [3.8, 4) is 17.1 Å². The van der Waals surface area contributed by atoms with E-state index in [9.17, 15) is 4.79 Å². The van der Waals surface area contributed by atoms with Crippen LogP contribution in [0.1, 0.15) is 12.7 Å². The summed E-state index contributed by atoms with van der Waals surface area (Å²) in [7, 11) is 5.58. The summed E-state index contributed by atoms with van der Waals surface area (Å²) in [5.74, 6) is 2.05. The van der Waals surface area contributed by atoms with Crippen LogP contribution in [0.25, 0.3) is 11.4 Å². The number of ether oxygens (including phenoxy) is 1. The van der Waals surface area contributed by atoms with E-state index in [0.717, 1.165) is 28.4 Å². The molecule has 2 aromatic carbocycles. The first-order valence-corrected chi connectivity index (χ1v) is 11.7. The second kappa shape index (κ2) is 10.5. The molecule has 9 heteroatoms. The molecular formula is C25H27N5O3S. The maximum Gasteiger partial charge on any atom is 0.237 e. The highest BCUT2D eigenvalue weighted by Crippen LogP contribution is 2.30. The highest BCUT2D eigenvalue weighted by atomic mass is 32.2. The summed E-state index contributed by atoms with van der Waals surface area (Å²) in [6.07, 6.45) is 1.63. The Morgan fingerprint density at radius 1 is 1.15 bits per heavy atom. The molecular weight excluding hydrogens is 450 g/mol. The number of hydrogen-bond acceptors (Lipinski definition) is 7. The summed E-state index contributed by atoms with van der Waals surface area (Å²) in [6.45, 7) is 2.29. The van der Waals surface area contributed by atoms with Gasteiger partial charge in [-0.15, -0.1) is 10.2 Å². The van der Waals surface area contributed by atoms with Gasteiger partial charge in [-0.25, -0.2) is 0 Å². The normalized spacial score (nSPS) is 11.8. The SMILES string of the molecule is COc1cccc(-c2nnc(S[C@H](C)C(=O)Nc3ccc(N(C)C)cc3)n2Cc2ccco2)c1. The van der Waals surface area contributed by atoms with Gasteiger partial charge in [0.05, 0.1) is 25.2 Å². The maximum absolute atomic E-state index is 12.9. The number of anilines is 2. The molecule has 4 rings (SSSR count). The van der Waals surface area contributed by atoms with Crippen LogP contribution in [0.2, 0.25) is 0 Å². The van der Waals surface area contributed by atoms with E-state index < -0.39 is 5.25 Å². The van der Waals surface area contributed by atoms with Crippen LogP contribution in [0.4, 0.5) is 11.4 Å². The number of nitrogens with zero attached hydrogens (tertiary/aromatic N) is 4. The van der Waals surface area contributed by atoms with Gasteiger partial charge >= 0.3 is 0 Å². The maximum atomic E-state index is 12.9. The van der Waals surface area contributed by atoms with Crippen LogP contribution >= 0.6 is 11.8 Å². The number of benzene rings is 2. The van der Waals surface area contributed by atoms with Crippen LogP contribution in [0.5, 0.6) is 5.75 Å². The van der Waals surface area contributed by atoms with E-state index in [1.54, 1.807) is 13.4 Å². The molecule has 0 aliphatic rings. The van der Waals surface area contributed by atoms with E-state index >= 15 is 0 Å². The Bertz CT molecular complexity index is 1240. The summed E-state index contributed by atoms with van der Waals surface area (Å²) in [6, 6.07) is 19.1. The number of furan rings is 1. The molecule has 8 nitrogen and oxygen atoms in total. The predicted molar refractivity (Wildman–Crippen MR) is 135 cm³/mol. The summed E-state index contributed by atoms with van der Waals surface area (Å²) >= 11 is 1.35. The topological polar surface area (TPSA) is 85.4 Å². The van der Waals surface area contributed by atoms with Crippen molar-refractivity contribution in [3.63, 3.8) is 0 Å². The largest absolute Gasteiger partial charge is 0.497 e. The summed E-state index contributed by atoms with van der Waals surface area (Å²) in [4.78, 5) is 14.9. The number of carbonyl (C=O) groups is 1. The lowest BCUT2D eigenvalue weighted by molar-refractivity contribution is -0.115. The highest BCUT2D eigenvalue weighted by Gasteiger charge is 2.22. The van der Waals surface area contributed by atoms with Crippen molar-refractivity contribution in [1.82, 2.24) is 14.8 Å². The first-order chi connectivity index (χ1) is 16.4. The van der Waals surface area contributed by atoms with Gasteiger partial charge in [-0.2, -0.15) is 0 Å². The van der Waals surface area contributed by atoms with Crippen LogP contribution < -0.4 is 15.0 Å². The number of amides is 1. The van der Waals surface area contributed by atoms with E-state index in [1.165, 1.54) is 11.8 Å². The molecule has 2 aromatic heterocycles. The third-order valence-corrected chi connectivity index (χ3v) is 6.32. The molecule has 0 aliphatic carbocycles. The number of hydrogen-bond donors (Lipinski definition) is 1. The molecule has 1 atom stereocenters. The van der Waals surface area contributed by atoms with Crippen LogP contribution in [0.15, 0.2) is 76.5 Å². The van der Waals surface area contributed by atoms with Gasteiger partial charge in [0.2, 0.25) is 5.91 Å². The number of rotatable bonds is 9. The molecule has 34 heavy (non-hydrogen) atoms. The molecule has 4 aromatic rings. The molecule has 0 aliphatic heterocycles. The number of thioether (sulfide) groups is 1. The Morgan fingerprint density at radius 3 is 2.62 bits per heavy atom. The standard InChI is InChI=1S/C25H27N5O3S/c1-17(24(31)26-19-10-12-20(13-11-19)29(2)3)34-25-28-27-23(18-7-5-8-21(15-18)32-4)30(25)16-22-9-6-14-33-22/h5-15,17H,16H2,1-4H3,(H,26,31)/t17-/m1/s1.